The van der Waals surface area contributed by atoms with Crippen LogP contribution in [0.4, 0.5) is 20.3 Å². The van der Waals surface area contributed by atoms with Gasteiger partial charge in [-0.25, -0.2) is 18.8 Å². The summed E-state index contributed by atoms with van der Waals surface area (Å²) in [5.41, 5.74) is 6.11. The number of nitrogens with zero attached hydrogens (tertiary/aromatic N) is 2. The zero-order valence-corrected chi connectivity index (χ0v) is 16.9. The number of carbonyl (C=O) groups excluding carboxylic acids is 1. The number of rotatable bonds is 10. The highest BCUT2D eigenvalue weighted by molar-refractivity contribution is 6.01. The third-order valence-electron chi connectivity index (χ3n) is 5.45. The first-order chi connectivity index (χ1) is 14.1. The first kappa shape index (κ1) is 21.7. The van der Waals surface area contributed by atoms with Crippen molar-refractivity contribution in [2.45, 2.75) is 38.7 Å². The summed E-state index contributed by atoms with van der Waals surface area (Å²) in [5, 5.41) is 18.4. The van der Waals surface area contributed by atoms with Crippen LogP contribution >= 0.6 is 0 Å². The second kappa shape index (κ2) is 8.02. The van der Waals surface area contributed by atoms with Gasteiger partial charge in [0.15, 0.2) is 0 Å². The van der Waals surface area contributed by atoms with Gasteiger partial charge in [0, 0.05) is 41.5 Å². The fraction of sp³-hybridized carbons (Fsp3) is 0.450. The van der Waals surface area contributed by atoms with Crippen molar-refractivity contribution in [1.29, 1.82) is 0 Å². The van der Waals surface area contributed by atoms with E-state index in [2.05, 4.69) is 32.5 Å². The van der Waals surface area contributed by atoms with Gasteiger partial charge in [-0.1, -0.05) is 6.58 Å². The van der Waals surface area contributed by atoms with Crippen LogP contribution in [0, 0.1) is 5.41 Å². The maximum Gasteiger partial charge on any atom is 0.276 e. The van der Waals surface area contributed by atoms with E-state index in [0.717, 1.165) is 12.8 Å². The highest BCUT2D eigenvalue weighted by Crippen LogP contribution is 2.78. The second-order valence-electron chi connectivity index (χ2n) is 7.75. The number of hydrogen-bond donors (Lipinski definition) is 5. The number of carbonyl (C=O) groups is 1. The maximum atomic E-state index is 12.7. The minimum Gasteiger partial charge on any atom is -0.396 e. The van der Waals surface area contributed by atoms with Crippen LogP contribution in [-0.4, -0.2) is 46.8 Å². The predicted molar refractivity (Wildman–Crippen MR) is 111 cm³/mol. The molecule has 2 aliphatic carbocycles. The Kier molecular flexibility index (Phi) is 5.80. The van der Waals surface area contributed by atoms with Crippen molar-refractivity contribution in [3.05, 3.63) is 42.0 Å². The molecule has 30 heavy (non-hydrogen) atoms. The Morgan fingerprint density at radius 2 is 2.20 bits per heavy atom. The first-order valence-corrected chi connectivity index (χ1v) is 9.59. The van der Waals surface area contributed by atoms with E-state index in [4.69, 9.17) is 5.73 Å². The lowest BCUT2D eigenvalue weighted by Crippen LogP contribution is -2.31. The summed E-state index contributed by atoms with van der Waals surface area (Å²) < 4.78 is 25.1. The number of fused-ring (bicyclic) bond motifs is 1. The first-order valence-electron chi connectivity index (χ1n) is 9.59. The average molecular weight is 420 g/mol. The van der Waals surface area contributed by atoms with E-state index in [1.807, 2.05) is 6.92 Å². The Morgan fingerprint density at radius 1 is 1.50 bits per heavy atom. The van der Waals surface area contributed by atoms with Crippen LogP contribution < -0.4 is 21.7 Å². The molecule has 8 nitrogen and oxygen atoms in total. The molecule has 0 spiro atoms. The highest BCUT2D eigenvalue weighted by atomic mass is 19.3. The van der Waals surface area contributed by atoms with E-state index in [0.29, 0.717) is 29.3 Å². The van der Waals surface area contributed by atoms with Crippen LogP contribution in [-0.2, 0) is 0 Å². The van der Waals surface area contributed by atoms with E-state index in [1.165, 1.54) is 19.2 Å². The van der Waals surface area contributed by atoms with Crippen molar-refractivity contribution < 1.29 is 18.7 Å². The molecule has 0 unspecified atom stereocenters. The molecule has 2 aliphatic rings. The van der Waals surface area contributed by atoms with Crippen molar-refractivity contribution in [3.8, 4) is 0 Å². The Balaban J connectivity index is 1.69. The topological polar surface area (TPSA) is 125 Å². The zero-order valence-electron chi connectivity index (χ0n) is 16.9. The van der Waals surface area contributed by atoms with Gasteiger partial charge >= 0.3 is 0 Å². The SMILES string of the molecule is C=C(/C=C(N)\N=C(/C)C(F)F)Nc1cc(NCC)c(C(=O)NC23CC2(CO)C3)cn1. The molecule has 2 saturated carbocycles. The van der Waals surface area contributed by atoms with Gasteiger partial charge in [0.2, 0.25) is 0 Å². The number of allylic oxidation sites excluding steroid dienone is 1. The fourth-order valence-corrected chi connectivity index (χ4v) is 3.49. The molecule has 1 aromatic heterocycles. The number of amides is 1. The lowest BCUT2D eigenvalue weighted by atomic mass is 10.2. The van der Waals surface area contributed by atoms with Gasteiger partial charge < -0.3 is 26.8 Å². The third kappa shape index (κ3) is 4.28. The Morgan fingerprint density at radius 3 is 2.77 bits per heavy atom. The van der Waals surface area contributed by atoms with Crippen molar-refractivity contribution in [2.75, 3.05) is 23.8 Å². The molecule has 0 radical (unpaired) electrons. The predicted octanol–water partition coefficient (Wildman–Crippen LogP) is 2.22. The van der Waals surface area contributed by atoms with Crippen molar-refractivity contribution in [3.63, 3.8) is 0 Å². The normalized spacial score (nSPS) is 24.9. The molecule has 1 aromatic rings. The molecular weight excluding hydrogens is 394 g/mol. The molecular formula is C20H26F2N6O2. The Hall–Kier alpha value is -3.01. The zero-order chi connectivity index (χ0) is 22.1. The smallest absolute Gasteiger partial charge is 0.276 e. The number of hydrogen-bond acceptors (Lipinski definition) is 7. The molecule has 1 heterocycles. The third-order valence-corrected chi connectivity index (χ3v) is 5.45. The van der Waals surface area contributed by atoms with Gasteiger partial charge in [0.05, 0.1) is 23.6 Å². The van der Waals surface area contributed by atoms with Crippen LogP contribution in [0.2, 0.25) is 0 Å². The summed E-state index contributed by atoms with van der Waals surface area (Å²) in [7, 11) is 0. The van der Waals surface area contributed by atoms with Gasteiger partial charge in [-0.05, 0) is 26.7 Å². The van der Waals surface area contributed by atoms with Gasteiger partial charge in [-0.15, -0.1) is 0 Å². The van der Waals surface area contributed by atoms with E-state index in [9.17, 15) is 18.7 Å². The highest BCUT2D eigenvalue weighted by Gasteiger charge is 2.83. The molecule has 0 bridgehead atoms. The monoisotopic (exact) mass is 420 g/mol. The lowest BCUT2D eigenvalue weighted by molar-refractivity contribution is 0.0942. The molecule has 162 valence electrons. The molecule has 0 atom stereocenters. The molecule has 0 aliphatic heterocycles. The summed E-state index contributed by atoms with van der Waals surface area (Å²) in [6.45, 7) is 7.52. The molecule has 1 amide bonds. The van der Waals surface area contributed by atoms with Crippen LogP contribution in [0.5, 0.6) is 0 Å². The lowest BCUT2D eigenvalue weighted by Gasteiger charge is -2.14. The number of aromatic nitrogens is 1. The minimum absolute atomic E-state index is 0.0775. The number of nitrogens with one attached hydrogen (secondary N) is 3. The summed E-state index contributed by atoms with van der Waals surface area (Å²) in [6.07, 6.45) is 1.67. The van der Waals surface area contributed by atoms with Crippen LogP contribution in [0.25, 0.3) is 0 Å². The van der Waals surface area contributed by atoms with Crippen molar-refractivity contribution in [1.82, 2.24) is 10.3 Å². The second-order valence-corrected chi connectivity index (χ2v) is 7.75. The van der Waals surface area contributed by atoms with E-state index >= 15 is 0 Å². The van der Waals surface area contributed by atoms with Crippen molar-refractivity contribution >= 4 is 23.1 Å². The maximum absolute atomic E-state index is 12.7. The number of aliphatic hydroxyl groups excluding tert-OH is 1. The molecule has 6 N–H and O–H groups in total. The molecule has 0 aromatic carbocycles. The minimum atomic E-state index is -2.69. The van der Waals surface area contributed by atoms with Gasteiger partial charge in [-0.2, -0.15) is 0 Å². The van der Waals surface area contributed by atoms with Crippen LogP contribution in [0.15, 0.2) is 41.4 Å². The average Bonchev–Trinajstić information content (AvgIpc) is 3.47. The number of nitrogens with two attached hydrogens (primary N) is 1. The van der Waals surface area contributed by atoms with E-state index in [1.54, 1.807) is 6.07 Å². The number of aliphatic hydroxyl groups is 1. The summed E-state index contributed by atoms with van der Waals surface area (Å²) in [6, 6.07) is 1.65. The number of pyridine rings is 1. The summed E-state index contributed by atoms with van der Waals surface area (Å²) in [5.74, 6) is 0.0260. The van der Waals surface area contributed by atoms with E-state index < -0.39 is 12.1 Å². The molecule has 0 saturated heterocycles. The molecule has 3 rings (SSSR count). The Bertz CT molecular complexity index is 922. The quantitative estimate of drug-likeness (QED) is 0.292. The van der Waals surface area contributed by atoms with Crippen molar-refractivity contribution in [2.24, 2.45) is 16.1 Å². The largest absolute Gasteiger partial charge is 0.396 e. The van der Waals surface area contributed by atoms with Gasteiger partial charge in [0.25, 0.3) is 12.3 Å². The summed E-state index contributed by atoms with van der Waals surface area (Å²) in [4.78, 5) is 20.5. The van der Waals surface area contributed by atoms with Gasteiger partial charge in [0.1, 0.15) is 11.6 Å². The van der Waals surface area contributed by atoms with Crippen LogP contribution in [0.1, 0.15) is 37.0 Å². The van der Waals surface area contributed by atoms with E-state index in [-0.39, 0.29) is 29.3 Å². The molecule has 10 heteroatoms. The Labute approximate surface area is 173 Å². The van der Waals surface area contributed by atoms with Gasteiger partial charge in [-0.3, -0.25) is 4.79 Å². The number of aliphatic imine (C=N–C) groups is 1. The van der Waals surface area contributed by atoms with Crippen LogP contribution in [0.3, 0.4) is 0 Å². The number of anilines is 2. The summed E-state index contributed by atoms with van der Waals surface area (Å²) >= 11 is 0. The molecule has 2 fully saturated rings. The fourth-order valence-electron chi connectivity index (χ4n) is 3.49. The number of alkyl halides is 2. The number of halogens is 2. The standard InChI is InChI=1S/C20H26F2N6O2/c1-4-24-14-6-16(26-11(2)5-15(23)27-12(3)17(21)22)25-7-13(14)18(30)28-20-8-19(20,9-20)10-29/h5-7,17,29H,2,4,8-10,23H2,1,3H3,(H,28,30)(H2,24,25,26)/b15-5-,27-12+.